The van der Waals surface area contributed by atoms with E-state index in [0.29, 0.717) is 17.6 Å². The molecule has 43 heavy (non-hydrogen) atoms. The van der Waals surface area contributed by atoms with Crippen LogP contribution in [0.2, 0.25) is 0 Å². The molecule has 4 saturated carbocycles. The molecule has 5 heteroatoms. The van der Waals surface area contributed by atoms with Crippen LogP contribution in [0.1, 0.15) is 89.5 Å². The summed E-state index contributed by atoms with van der Waals surface area (Å²) in [6.45, 7) is 13.1. The Morgan fingerprint density at radius 2 is 1.49 bits per heavy atom. The highest BCUT2D eigenvalue weighted by Gasteiger charge is 2.57. The average Bonchev–Trinajstić information content (AvgIpc) is 2.96. The van der Waals surface area contributed by atoms with E-state index in [2.05, 4.69) is 84.0 Å². The van der Waals surface area contributed by atoms with Crippen LogP contribution in [-0.4, -0.2) is 18.2 Å². The van der Waals surface area contributed by atoms with Crippen LogP contribution in [0.4, 0.5) is 0 Å². The summed E-state index contributed by atoms with van der Waals surface area (Å²) in [5.41, 5.74) is 3.56. The second kappa shape index (κ2) is 12.1. The van der Waals surface area contributed by atoms with Gasteiger partial charge in [0.25, 0.3) is 0 Å². The van der Waals surface area contributed by atoms with Crippen LogP contribution in [0.3, 0.4) is 0 Å². The third-order valence-corrected chi connectivity index (χ3v) is 13.3. The van der Waals surface area contributed by atoms with Crippen LogP contribution in [0.15, 0.2) is 66.7 Å². The van der Waals surface area contributed by atoms with E-state index < -0.39 is 0 Å². The number of halogens is 1. The van der Waals surface area contributed by atoms with E-state index >= 15 is 0 Å². The van der Waals surface area contributed by atoms with Crippen molar-refractivity contribution in [2.45, 2.75) is 90.8 Å². The predicted molar refractivity (Wildman–Crippen MR) is 166 cm³/mol. The van der Waals surface area contributed by atoms with E-state index in [0.717, 1.165) is 23.1 Å². The zero-order valence-corrected chi connectivity index (χ0v) is 28.6. The summed E-state index contributed by atoms with van der Waals surface area (Å²) in [6, 6.07) is 23.5. The first-order valence-corrected chi connectivity index (χ1v) is 18.1. The van der Waals surface area contributed by atoms with Gasteiger partial charge in [0.05, 0.1) is 0 Å². The minimum atomic E-state index is -0.319. The minimum Gasteiger partial charge on any atom is -0.486 e. The van der Waals surface area contributed by atoms with Crippen molar-refractivity contribution in [2.75, 3.05) is 6.61 Å². The van der Waals surface area contributed by atoms with Gasteiger partial charge in [-0.1, -0.05) is 45.0 Å². The Labute approximate surface area is 268 Å². The van der Waals surface area contributed by atoms with Gasteiger partial charge < -0.3 is 14.2 Å². The van der Waals surface area contributed by atoms with Gasteiger partial charge in [0.1, 0.15) is 23.2 Å². The number of carbonyl (C=O) groups excluding carboxylic acids is 1. The summed E-state index contributed by atoms with van der Waals surface area (Å²) in [6.07, 6.45) is 6.15. The summed E-state index contributed by atoms with van der Waals surface area (Å²) in [7, 11) is 0. The number of esters is 1. The molecule has 0 radical (unpaired) electrons. The molecule has 1 atom stereocenters. The summed E-state index contributed by atoms with van der Waals surface area (Å²) in [5, 5.41) is 0. The summed E-state index contributed by atoms with van der Waals surface area (Å²) < 4.78 is 21.2. The zero-order valence-electron chi connectivity index (χ0n) is 26.5. The van der Waals surface area contributed by atoms with Gasteiger partial charge in [0.15, 0.2) is 13.7 Å². The predicted octanol–water partition coefficient (Wildman–Crippen LogP) is 5.70. The van der Waals surface area contributed by atoms with Crippen molar-refractivity contribution < 1.29 is 40.2 Å². The fourth-order valence-corrected chi connectivity index (χ4v) is 10.1. The van der Waals surface area contributed by atoms with Crippen LogP contribution < -0.4 is 30.7 Å². The summed E-state index contributed by atoms with van der Waals surface area (Å²) in [5.74, 6) is 4.02. The molecule has 0 amide bonds. The largest absolute Gasteiger partial charge is 0.486 e. The smallest absolute Gasteiger partial charge is 0.358 e. The van der Waals surface area contributed by atoms with E-state index in [1.165, 1.54) is 50.4 Å². The lowest BCUT2D eigenvalue weighted by Gasteiger charge is -2.59. The zero-order chi connectivity index (χ0) is 30.4. The minimum absolute atomic E-state index is 0.0533. The number of carbonyl (C=O) groups is 1. The van der Waals surface area contributed by atoms with Crippen LogP contribution in [0.25, 0.3) is 0 Å². The molecular formula is C38H46IO4+. The Morgan fingerprint density at radius 3 is 2.07 bits per heavy atom. The summed E-state index contributed by atoms with van der Waals surface area (Å²) in [4.78, 5) is 12.8. The first-order valence-electron chi connectivity index (χ1n) is 15.9. The maximum Gasteiger partial charge on any atom is 0.358 e. The number of hydrogen-bond donors (Lipinski definition) is 0. The molecule has 4 fully saturated rings. The van der Waals surface area contributed by atoms with Gasteiger partial charge in [-0.25, -0.2) is 4.79 Å². The van der Waals surface area contributed by atoms with Crippen molar-refractivity contribution in [3.8, 4) is 11.5 Å². The van der Waals surface area contributed by atoms with Crippen LogP contribution in [-0.2, 0) is 14.9 Å². The fraction of sp³-hybridized carbons (Fsp3) is 0.500. The molecule has 4 aliphatic carbocycles. The Kier molecular flexibility index (Phi) is 8.58. The summed E-state index contributed by atoms with van der Waals surface area (Å²) >= 11 is -0.248. The maximum absolute atomic E-state index is 12.8. The molecule has 3 aromatic rings. The third kappa shape index (κ3) is 6.77. The van der Waals surface area contributed by atoms with Gasteiger partial charge in [0, 0.05) is 5.56 Å². The number of aryl methyl sites for hydroxylation is 1. The van der Waals surface area contributed by atoms with Gasteiger partial charge in [-0.05, 0) is 136 Å². The maximum atomic E-state index is 12.8. The second-order valence-corrected chi connectivity index (χ2v) is 17.3. The number of hydrogen-bond acceptors (Lipinski definition) is 4. The molecule has 0 spiro atoms. The second-order valence-electron chi connectivity index (χ2n) is 14.3. The van der Waals surface area contributed by atoms with Crippen LogP contribution in [0.5, 0.6) is 11.5 Å². The molecule has 4 nitrogen and oxygen atoms in total. The highest BCUT2D eigenvalue weighted by atomic mass is 127. The highest BCUT2D eigenvalue weighted by Crippen LogP contribution is 2.59. The van der Waals surface area contributed by atoms with Crippen molar-refractivity contribution >= 4 is 5.97 Å². The molecule has 0 aliphatic heterocycles. The SMILES string of the molecule is Cc1cc(OC(C)c2ccc(OCC(=O)OC3(C)C4CC5CC(C4)CC3C5)cc2)ccc1[I+]c1ccc(C(C)(C)C)cc1. The Bertz CT molecular complexity index is 1410. The fourth-order valence-electron chi connectivity index (χ4n) is 7.74. The Morgan fingerprint density at radius 1 is 0.884 bits per heavy atom. The quantitative estimate of drug-likeness (QED) is 0.213. The van der Waals surface area contributed by atoms with E-state index in [4.69, 9.17) is 14.2 Å². The van der Waals surface area contributed by atoms with Crippen molar-refractivity contribution in [2.24, 2.45) is 23.7 Å². The molecule has 0 N–H and O–H groups in total. The monoisotopic (exact) mass is 693 g/mol. The van der Waals surface area contributed by atoms with Crippen molar-refractivity contribution in [1.29, 1.82) is 0 Å². The number of ether oxygens (including phenoxy) is 3. The number of rotatable bonds is 9. The molecule has 4 bridgehead atoms. The molecule has 0 saturated heterocycles. The van der Waals surface area contributed by atoms with E-state index in [-0.39, 0.29) is 50.9 Å². The van der Waals surface area contributed by atoms with E-state index in [1.54, 1.807) is 0 Å². The lowest BCUT2D eigenvalue weighted by Crippen LogP contribution is -3.61. The van der Waals surface area contributed by atoms with Crippen LogP contribution >= 0.6 is 0 Å². The molecule has 0 heterocycles. The highest BCUT2D eigenvalue weighted by molar-refractivity contribution is 5.71. The van der Waals surface area contributed by atoms with Gasteiger partial charge in [-0.3, -0.25) is 0 Å². The first kappa shape index (κ1) is 30.5. The van der Waals surface area contributed by atoms with Gasteiger partial charge in [-0.2, -0.15) is 0 Å². The number of benzene rings is 3. The topological polar surface area (TPSA) is 44.8 Å². The van der Waals surface area contributed by atoms with Crippen molar-refractivity contribution in [3.63, 3.8) is 0 Å². The lowest BCUT2D eigenvalue weighted by atomic mass is 9.50. The van der Waals surface area contributed by atoms with Crippen molar-refractivity contribution in [3.05, 3.63) is 90.6 Å². The molecule has 7 rings (SSSR count). The molecule has 1 unspecified atom stereocenters. The van der Waals surface area contributed by atoms with E-state index in [9.17, 15) is 4.79 Å². The Hall–Kier alpha value is -2.54. The van der Waals surface area contributed by atoms with Gasteiger partial charge >= 0.3 is 27.2 Å². The third-order valence-electron chi connectivity index (χ3n) is 10.2. The van der Waals surface area contributed by atoms with Crippen LogP contribution in [0, 0.1) is 37.7 Å². The normalized spacial score (nSPS) is 26.7. The average molecular weight is 694 g/mol. The van der Waals surface area contributed by atoms with Gasteiger partial charge in [0.2, 0.25) is 0 Å². The van der Waals surface area contributed by atoms with Gasteiger partial charge in [-0.15, -0.1) is 0 Å². The lowest BCUT2D eigenvalue weighted by molar-refractivity contribution is -0.598. The van der Waals surface area contributed by atoms with E-state index in [1.807, 2.05) is 24.3 Å². The first-order chi connectivity index (χ1) is 20.5. The standard InChI is InChI=1S/C38H46IO4/c1-24-17-34(15-16-35(24)39-32-11-9-29(10-12-32)37(3,4)5)42-25(2)28-7-13-33(14-8-28)41-23-36(40)43-38(6)30-19-26-18-27(21-30)22-31(38)20-26/h7-17,25-27,30-31H,18-23H2,1-6H3/q+1. The van der Waals surface area contributed by atoms with Crippen molar-refractivity contribution in [1.82, 2.24) is 0 Å². The molecule has 228 valence electrons. The molecule has 0 aromatic heterocycles. The molecule has 4 aliphatic rings. The molecular weight excluding hydrogens is 647 g/mol. The molecule has 3 aromatic carbocycles. The Balaban J connectivity index is 0.995.